The van der Waals surface area contributed by atoms with Crippen molar-refractivity contribution in [2.24, 2.45) is 5.10 Å². The number of ether oxygens (including phenoxy) is 1. The molecule has 0 radical (unpaired) electrons. The summed E-state index contributed by atoms with van der Waals surface area (Å²) < 4.78 is 20.7. The van der Waals surface area contributed by atoms with Gasteiger partial charge in [0.25, 0.3) is 0 Å². The van der Waals surface area contributed by atoms with E-state index in [2.05, 4.69) is 22.0 Å². The number of hydrogen-bond donors (Lipinski definition) is 0. The molecule has 0 amide bonds. The molecule has 0 saturated carbocycles. The Kier molecular flexibility index (Phi) is 4.37. The second-order valence-corrected chi connectivity index (χ2v) is 8.21. The first kappa shape index (κ1) is 17.7. The fourth-order valence-electron chi connectivity index (χ4n) is 3.72. The number of halogens is 3. The SMILES string of the molecule is Fc1ccc(C2=NN3[C@H](C2)c2cc(Br)ccc2O[C@@H]3c2ccc(Cl)cc2)cc1. The zero-order valence-corrected chi connectivity index (χ0v) is 17.0. The van der Waals surface area contributed by atoms with E-state index >= 15 is 0 Å². The molecule has 2 aliphatic heterocycles. The van der Waals surface area contributed by atoms with Crippen LogP contribution >= 0.6 is 27.5 Å². The lowest BCUT2D eigenvalue weighted by molar-refractivity contribution is -0.0190. The van der Waals surface area contributed by atoms with Crippen LogP contribution in [0.4, 0.5) is 4.39 Å². The van der Waals surface area contributed by atoms with Gasteiger partial charge in [0.15, 0.2) is 0 Å². The molecule has 3 aromatic rings. The van der Waals surface area contributed by atoms with Gasteiger partial charge in [0, 0.05) is 27.0 Å². The average Bonchev–Trinajstić information content (AvgIpc) is 3.14. The van der Waals surface area contributed by atoms with Gasteiger partial charge in [-0.2, -0.15) is 5.10 Å². The molecule has 28 heavy (non-hydrogen) atoms. The minimum absolute atomic E-state index is 0.0435. The van der Waals surface area contributed by atoms with E-state index in [9.17, 15) is 4.39 Å². The van der Waals surface area contributed by atoms with Crippen molar-refractivity contribution in [1.82, 2.24) is 5.01 Å². The third-order valence-corrected chi connectivity index (χ3v) is 5.83. The van der Waals surface area contributed by atoms with Crippen LogP contribution in [-0.2, 0) is 0 Å². The van der Waals surface area contributed by atoms with Gasteiger partial charge in [-0.25, -0.2) is 9.40 Å². The minimum atomic E-state index is -0.353. The standard InChI is InChI=1S/C22H15BrClFN2O/c23-15-5-10-21-18(11-15)20-12-19(13-3-8-17(25)9-4-13)26-27(20)22(28-21)14-1-6-16(24)7-2-14/h1-11,20,22H,12H2/t20-,22-/m1/s1. The van der Waals surface area contributed by atoms with Crippen LogP contribution in [0.25, 0.3) is 0 Å². The van der Waals surface area contributed by atoms with E-state index in [0.717, 1.165) is 39.0 Å². The molecule has 140 valence electrons. The molecular weight excluding hydrogens is 443 g/mol. The predicted octanol–water partition coefficient (Wildman–Crippen LogP) is 6.48. The summed E-state index contributed by atoms with van der Waals surface area (Å²) in [6.45, 7) is 0. The van der Waals surface area contributed by atoms with Gasteiger partial charge in [-0.3, -0.25) is 0 Å². The van der Waals surface area contributed by atoms with Gasteiger partial charge in [-0.15, -0.1) is 0 Å². The lowest BCUT2D eigenvalue weighted by Crippen LogP contribution is -2.33. The van der Waals surface area contributed by atoms with Crippen molar-refractivity contribution in [2.45, 2.75) is 18.7 Å². The maximum absolute atomic E-state index is 13.3. The van der Waals surface area contributed by atoms with Crippen molar-refractivity contribution in [3.8, 4) is 5.75 Å². The molecule has 0 unspecified atom stereocenters. The summed E-state index contributed by atoms with van der Waals surface area (Å²) >= 11 is 9.61. The normalized spacial score (nSPS) is 20.2. The monoisotopic (exact) mass is 456 g/mol. The van der Waals surface area contributed by atoms with Gasteiger partial charge in [0.2, 0.25) is 6.23 Å². The molecule has 0 aromatic heterocycles. The summed E-state index contributed by atoms with van der Waals surface area (Å²) in [5.41, 5.74) is 3.90. The Morgan fingerprint density at radius 1 is 1.04 bits per heavy atom. The molecular formula is C22H15BrClFN2O. The Labute approximate surface area is 175 Å². The van der Waals surface area contributed by atoms with Crippen LogP contribution in [0.1, 0.15) is 35.4 Å². The Bertz CT molecular complexity index is 1070. The molecule has 0 saturated heterocycles. The van der Waals surface area contributed by atoms with Gasteiger partial charge >= 0.3 is 0 Å². The van der Waals surface area contributed by atoms with Crippen LogP contribution in [-0.4, -0.2) is 10.7 Å². The number of nitrogens with zero attached hydrogens (tertiary/aromatic N) is 2. The lowest BCUT2D eigenvalue weighted by atomic mass is 9.96. The largest absolute Gasteiger partial charge is 0.464 e. The van der Waals surface area contributed by atoms with Crippen molar-refractivity contribution >= 4 is 33.2 Å². The lowest BCUT2D eigenvalue weighted by Gasteiger charge is -2.38. The van der Waals surface area contributed by atoms with E-state index in [-0.39, 0.29) is 18.1 Å². The van der Waals surface area contributed by atoms with Crippen molar-refractivity contribution in [2.75, 3.05) is 0 Å². The summed E-state index contributed by atoms with van der Waals surface area (Å²) in [5.74, 6) is 0.594. The molecule has 0 N–H and O–H groups in total. The molecule has 3 nitrogen and oxygen atoms in total. The highest BCUT2D eigenvalue weighted by Gasteiger charge is 2.41. The molecule has 3 aromatic carbocycles. The number of rotatable bonds is 2. The highest BCUT2D eigenvalue weighted by atomic mass is 79.9. The first-order chi connectivity index (χ1) is 13.6. The molecule has 2 aliphatic rings. The summed E-state index contributed by atoms with van der Waals surface area (Å²) in [7, 11) is 0. The summed E-state index contributed by atoms with van der Waals surface area (Å²) in [6.07, 6.45) is 0.372. The Hall–Kier alpha value is -2.37. The highest BCUT2D eigenvalue weighted by Crippen LogP contribution is 2.48. The maximum atomic E-state index is 13.3. The number of benzene rings is 3. The van der Waals surface area contributed by atoms with Crippen LogP contribution in [0.3, 0.4) is 0 Å². The van der Waals surface area contributed by atoms with E-state index in [1.165, 1.54) is 12.1 Å². The molecule has 5 rings (SSSR count). The van der Waals surface area contributed by atoms with Crippen LogP contribution in [0.2, 0.25) is 5.02 Å². The zero-order chi connectivity index (χ0) is 19.3. The quantitative estimate of drug-likeness (QED) is 0.440. The van der Waals surface area contributed by atoms with Crippen molar-refractivity contribution in [3.05, 3.63) is 98.7 Å². The van der Waals surface area contributed by atoms with Crippen LogP contribution < -0.4 is 4.74 Å². The molecule has 0 spiro atoms. The van der Waals surface area contributed by atoms with Crippen LogP contribution in [0.5, 0.6) is 5.75 Å². The Balaban J connectivity index is 1.59. The first-order valence-corrected chi connectivity index (χ1v) is 10.1. The second-order valence-electron chi connectivity index (χ2n) is 6.86. The molecule has 2 atom stereocenters. The summed E-state index contributed by atoms with van der Waals surface area (Å²) in [6, 6.07) is 20.2. The van der Waals surface area contributed by atoms with E-state index in [4.69, 9.17) is 21.4 Å². The topological polar surface area (TPSA) is 24.8 Å². The maximum Gasteiger partial charge on any atom is 0.213 e. The summed E-state index contributed by atoms with van der Waals surface area (Å²) in [4.78, 5) is 0. The average molecular weight is 458 g/mol. The number of hydrazone groups is 1. The van der Waals surface area contributed by atoms with E-state index in [1.54, 1.807) is 12.1 Å². The Morgan fingerprint density at radius 2 is 1.79 bits per heavy atom. The third-order valence-electron chi connectivity index (χ3n) is 5.08. The highest BCUT2D eigenvalue weighted by molar-refractivity contribution is 9.10. The first-order valence-electron chi connectivity index (χ1n) is 8.92. The smallest absolute Gasteiger partial charge is 0.213 e. The Morgan fingerprint density at radius 3 is 2.54 bits per heavy atom. The van der Waals surface area contributed by atoms with Crippen molar-refractivity contribution in [3.63, 3.8) is 0 Å². The van der Waals surface area contributed by atoms with Gasteiger partial charge in [0.1, 0.15) is 11.6 Å². The van der Waals surface area contributed by atoms with Gasteiger partial charge in [0.05, 0.1) is 11.8 Å². The second kappa shape index (κ2) is 6.90. The fourth-order valence-corrected chi connectivity index (χ4v) is 4.23. The molecule has 0 aliphatic carbocycles. The zero-order valence-electron chi connectivity index (χ0n) is 14.6. The minimum Gasteiger partial charge on any atom is -0.464 e. The van der Waals surface area contributed by atoms with E-state index in [0.29, 0.717) is 5.02 Å². The molecule has 0 bridgehead atoms. The van der Waals surface area contributed by atoms with Crippen molar-refractivity contribution < 1.29 is 9.13 Å². The van der Waals surface area contributed by atoms with Crippen LogP contribution in [0, 0.1) is 5.82 Å². The van der Waals surface area contributed by atoms with Gasteiger partial charge < -0.3 is 4.74 Å². The molecule has 0 fully saturated rings. The number of hydrogen-bond acceptors (Lipinski definition) is 3. The number of fused-ring (bicyclic) bond motifs is 3. The molecule has 2 heterocycles. The third kappa shape index (κ3) is 3.09. The van der Waals surface area contributed by atoms with Gasteiger partial charge in [-0.1, -0.05) is 51.8 Å². The van der Waals surface area contributed by atoms with Crippen LogP contribution in [0.15, 0.2) is 76.3 Å². The predicted molar refractivity (Wildman–Crippen MR) is 111 cm³/mol. The summed E-state index contributed by atoms with van der Waals surface area (Å²) in [5, 5.41) is 7.55. The fraction of sp³-hybridized carbons (Fsp3) is 0.136. The van der Waals surface area contributed by atoms with Gasteiger partial charge in [-0.05, 0) is 48.0 Å². The van der Waals surface area contributed by atoms with E-state index < -0.39 is 0 Å². The van der Waals surface area contributed by atoms with Crippen molar-refractivity contribution in [1.29, 1.82) is 0 Å². The van der Waals surface area contributed by atoms with E-state index in [1.807, 2.05) is 41.4 Å². The molecule has 6 heteroatoms.